The number of rotatable bonds is 4. The van der Waals surface area contributed by atoms with Crippen LogP contribution in [0.4, 0.5) is 0 Å². The average Bonchev–Trinajstić information content (AvgIpc) is 2.57. The molecule has 0 aliphatic heterocycles. The van der Waals surface area contributed by atoms with Crippen molar-refractivity contribution in [3.8, 4) is 0 Å². The highest BCUT2D eigenvalue weighted by Gasteiger charge is 1.96. The van der Waals surface area contributed by atoms with Crippen LogP contribution in [0.3, 0.4) is 0 Å². The van der Waals surface area contributed by atoms with Crippen molar-refractivity contribution in [2.45, 2.75) is 13.3 Å². The van der Waals surface area contributed by atoms with Gasteiger partial charge in [0, 0.05) is 18.3 Å². The second-order valence-corrected chi connectivity index (χ2v) is 3.24. The number of hydrogen-bond acceptors (Lipinski definition) is 3. The largest absolute Gasteiger partial charge is 0.352 e. The Labute approximate surface area is 81.5 Å². The highest BCUT2D eigenvalue weighted by Crippen LogP contribution is 2.00. The molecule has 0 aliphatic rings. The Morgan fingerprint density at radius 3 is 3.23 bits per heavy atom. The normalized spacial score (nSPS) is 10.5. The summed E-state index contributed by atoms with van der Waals surface area (Å²) in [4.78, 5) is 15.1. The van der Waals surface area contributed by atoms with Crippen LogP contribution in [0.15, 0.2) is 23.0 Å². The molecular formula is C9H12N2OS. The van der Waals surface area contributed by atoms with Gasteiger partial charge < -0.3 is 5.32 Å². The molecule has 3 nitrogen and oxygen atoms in total. The van der Waals surface area contributed by atoms with Crippen LogP contribution >= 0.6 is 11.3 Å². The molecule has 1 amide bonds. The number of carbonyl (C=O) groups is 1. The summed E-state index contributed by atoms with van der Waals surface area (Å²) in [6, 6.07) is 0. The zero-order valence-electron chi connectivity index (χ0n) is 7.49. The molecule has 1 N–H and O–H groups in total. The molecule has 0 radical (unpaired) electrons. The lowest BCUT2D eigenvalue weighted by Gasteiger charge is -1.98. The van der Waals surface area contributed by atoms with E-state index in [1.54, 1.807) is 22.9 Å². The Balaban J connectivity index is 2.18. The summed E-state index contributed by atoms with van der Waals surface area (Å²) in [5.74, 6) is -0.0438. The molecule has 1 rings (SSSR count). The molecule has 0 saturated heterocycles. The number of aromatic nitrogens is 1. The first kappa shape index (κ1) is 9.92. The van der Waals surface area contributed by atoms with Gasteiger partial charge in [-0.05, 0) is 13.0 Å². The van der Waals surface area contributed by atoms with Gasteiger partial charge in [0.05, 0.1) is 11.2 Å². The monoisotopic (exact) mass is 196 g/mol. The Kier molecular flexibility index (Phi) is 4.18. The van der Waals surface area contributed by atoms with Gasteiger partial charge in [-0.25, -0.2) is 4.98 Å². The quantitative estimate of drug-likeness (QED) is 0.739. The molecule has 0 saturated carbocycles. The second-order valence-electron chi connectivity index (χ2n) is 2.52. The molecule has 4 heteroatoms. The van der Waals surface area contributed by atoms with Gasteiger partial charge in [0.25, 0.3) is 0 Å². The Morgan fingerprint density at radius 2 is 2.62 bits per heavy atom. The van der Waals surface area contributed by atoms with E-state index in [4.69, 9.17) is 0 Å². The summed E-state index contributed by atoms with van der Waals surface area (Å²) in [6.45, 7) is 2.47. The van der Waals surface area contributed by atoms with Crippen LogP contribution in [0.1, 0.15) is 12.6 Å². The smallest absolute Gasteiger partial charge is 0.243 e. The number of thiazole rings is 1. The zero-order valence-corrected chi connectivity index (χ0v) is 8.30. The van der Waals surface area contributed by atoms with E-state index in [0.29, 0.717) is 6.54 Å². The summed E-state index contributed by atoms with van der Waals surface area (Å²) >= 11 is 1.57. The van der Waals surface area contributed by atoms with Crippen molar-refractivity contribution >= 4 is 17.2 Å². The summed E-state index contributed by atoms with van der Waals surface area (Å²) in [7, 11) is 0. The number of nitrogens with one attached hydrogen (secondary N) is 1. The van der Waals surface area contributed by atoms with E-state index in [9.17, 15) is 4.79 Å². The van der Waals surface area contributed by atoms with Crippen molar-refractivity contribution in [3.05, 3.63) is 28.7 Å². The SMILES string of the molecule is CC=CC(=O)NCCc1cscn1. The average molecular weight is 196 g/mol. The van der Waals surface area contributed by atoms with Gasteiger partial charge >= 0.3 is 0 Å². The molecule has 13 heavy (non-hydrogen) atoms. The number of carbonyl (C=O) groups excluding carboxylic acids is 1. The van der Waals surface area contributed by atoms with E-state index < -0.39 is 0 Å². The molecular weight excluding hydrogens is 184 g/mol. The fourth-order valence-electron chi connectivity index (χ4n) is 0.885. The highest BCUT2D eigenvalue weighted by atomic mass is 32.1. The van der Waals surface area contributed by atoms with Crippen LogP contribution in [0, 0.1) is 0 Å². The summed E-state index contributed by atoms with van der Waals surface area (Å²) in [5, 5.41) is 4.75. The molecule has 0 bridgehead atoms. The zero-order chi connectivity index (χ0) is 9.52. The molecule has 0 unspecified atom stereocenters. The topological polar surface area (TPSA) is 42.0 Å². The van der Waals surface area contributed by atoms with Crippen molar-refractivity contribution in [2.75, 3.05) is 6.54 Å². The van der Waals surface area contributed by atoms with Crippen LogP contribution in [-0.2, 0) is 11.2 Å². The van der Waals surface area contributed by atoms with Gasteiger partial charge in [0.15, 0.2) is 0 Å². The van der Waals surface area contributed by atoms with Crippen LogP contribution in [0.2, 0.25) is 0 Å². The second kappa shape index (κ2) is 5.48. The number of nitrogens with zero attached hydrogens (tertiary/aromatic N) is 1. The summed E-state index contributed by atoms with van der Waals surface area (Å²) < 4.78 is 0. The van der Waals surface area contributed by atoms with Gasteiger partial charge in [-0.1, -0.05) is 6.08 Å². The Bertz CT molecular complexity index is 280. The predicted octanol–water partition coefficient (Wildman–Crippen LogP) is 1.38. The Hall–Kier alpha value is -1.16. The number of amides is 1. The van der Waals surface area contributed by atoms with E-state index in [-0.39, 0.29) is 5.91 Å². The van der Waals surface area contributed by atoms with E-state index in [2.05, 4.69) is 10.3 Å². The van der Waals surface area contributed by atoms with Gasteiger partial charge in [0.1, 0.15) is 0 Å². The highest BCUT2D eigenvalue weighted by molar-refractivity contribution is 7.07. The standard InChI is InChI=1S/C9H12N2OS/c1-2-3-9(12)10-5-4-8-6-13-7-11-8/h2-3,6-7H,4-5H2,1H3,(H,10,12). The molecule has 1 aromatic heterocycles. The van der Waals surface area contributed by atoms with Gasteiger partial charge in [-0.15, -0.1) is 11.3 Å². The minimum absolute atomic E-state index is 0.0438. The lowest BCUT2D eigenvalue weighted by Crippen LogP contribution is -2.23. The third kappa shape index (κ3) is 3.85. The Morgan fingerprint density at radius 1 is 1.77 bits per heavy atom. The summed E-state index contributed by atoms with van der Waals surface area (Å²) in [6.07, 6.45) is 4.03. The first-order valence-corrected chi connectivity index (χ1v) is 5.05. The molecule has 0 atom stereocenters. The van der Waals surface area contributed by atoms with Crippen LogP contribution in [-0.4, -0.2) is 17.4 Å². The number of allylic oxidation sites excluding steroid dienone is 1. The van der Waals surface area contributed by atoms with E-state index in [1.807, 2.05) is 12.3 Å². The molecule has 0 spiro atoms. The van der Waals surface area contributed by atoms with Crippen LogP contribution in [0.5, 0.6) is 0 Å². The minimum Gasteiger partial charge on any atom is -0.352 e. The lowest BCUT2D eigenvalue weighted by atomic mass is 10.3. The number of hydrogen-bond donors (Lipinski definition) is 1. The van der Waals surface area contributed by atoms with Crippen molar-refractivity contribution in [2.24, 2.45) is 0 Å². The van der Waals surface area contributed by atoms with Gasteiger partial charge in [-0.3, -0.25) is 4.79 Å². The minimum atomic E-state index is -0.0438. The maximum Gasteiger partial charge on any atom is 0.243 e. The molecule has 70 valence electrons. The fourth-order valence-corrected chi connectivity index (χ4v) is 1.48. The van der Waals surface area contributed by atoms with Gasteiger partial charge in [-0.2, -0.15) is 0 Å². The summed E-state index contributed by atoms with van der Waals surface area (Å²) in [5.41, 5.74) is 2.83. The first-order valence-electron chi connectivity index (χ1n) is 4.10. The molecule has 1 heterocycles. The first-order chi connectivity index (χ1) is 6.33. The van der Waals surface area contributed by atoms with E-state index >= 15 is 0 Å². The van der Waals surface area contributed by atoms with Crippen molar-refractivity contribution < 1.29 is 4.79 Å². The van der Waals surface area contributed by atoms with Crippen LogP contribution < -0.4 is 5.32 Å². The predicted molar refractivity (Wildman–Crippen MR) is 53.6 cm³/mol. The van der Waals surface area contributed by atoms with Crippen molar-refractivity contribution in [1.29, 1.82) is 0 Å². The van der Waals surface area contributed by atoms with Crippen LogP contribution in [0.25, 0.3) is 0 Å². The van der Waals surface area contributed by atoms with E-state index in [1.165, 1.54) is 6.08 Å². The molecule has 0 fully saturated rings. The molecule has 0 aliphatic carbocycles. The van der Waals surface area contributed by atoms with Crippen molar-refractivity contribution in [1.82, 2.24) is 10.3 Å². The fraction of sp³-hybridized carbons (Fsp3) is 0.333. The molecule has 0 aromatic carbocycles. The maximum absolute atomic E-state index is 11.0. The van der Waals surface area contributed by atoms with E-state index in [0.717, 1.165) is 12.1 Å². The third-order valence-corrected chi connectivity index (χ3v) is 2.12. The molecule has 1 aromatic rings. The van der Waals surface area contributed by atoms with Crippen molar-refractivity contribution in [3.63, 3.8) is 0 Å². The van der Waals surface area contributed by atoms with Gasteiger partial charge in [0.2, 0.25) is 5.91 Å². The third-order valence-electron chi connectivity index (χ3n) is 1.48. The lowest BCUT2D eigenvalue weighted by molar-refractivity contribution is -0.116. The maximum atomic E-state index is 11.0.